The van der Waals surface area contributed by atoms with E-state index >= 15 is 0 Å². The average molecular weight is 244 g/mol. The molecule has 1 unspecified atom stereocenters. The van der Waals surface area contributed by atoms with Gasteiger partial charge in [-0.15, -0.1) is 0 Å². The average Bonchev–Trinajstić information content (AvgIpc) is 2.42. The maximum absolute atomic E-state index is 5.69. The van der Waals surface area contributed by atoms with Crippen LogP contribution in [0, 0.1) is 5.92 Å². The summed E-state index contributed by atoms with van der Waals surface area (Å²) < 4.78 is 5.69. The van der Waals surface area contributed by atoms with E-state index in [1.165, 1.54) is 32.1 Å². The fourth-order valence-electron chi connectivity index (χ4n) is 2.41. The molecule has 0 aromatic heterocycles. The largest absolute Gasteiger partial charge is 0.494 e. The normalized spacial score (nSPS) is 19.4. The fraction of sp³-hybridized carbons (Fsp3) is 0.529. The number of allylic oxidation sites excluding steroid dienone is 2. The van der Waals surface area contributed by atoms with E-state index in [1.54, 1.807) is 5.57 Å². The van der Waals surface area contributed by atoms with Crippen LogP contribution in [0.15, 0.2) is 42.0 Å². The zero-order valence-corrected chi connectivity index (χ0v) is 11.4. The van der Waals surface area contributed by atoms with Gasteiger partial charge < -0.3 is 4.74 Å². The van der Waals surface area contributed by atoms with Gasteiger partial charge in [0.2, 0.25) is 0 Å². The Kier molecular flexibility index (Phi) is 5.32. The molecule has 1 atom stereocenters. The Morgan fingerprint density at radius 1 is 1.17 bits per heavy atom. The first-order chi connectivity index (χ1) is 8.84. The first-order valence-corrected chi connectivity index (χ1v) is 7.20. The van der Waals surface area contributed by atoms with Crippen LogP contribution in [0.3, 0.4) is 0 Å². The lowest BCUT2D eigenvalue weighted by atomic mass is 9.89. The Labute approximate surface area is 111 Å². The number of para-hydroxylation sites is 1. The highest BCUT2D eigenvalue weighted by molar-refractivity contribution is 5.20. The lowest BCUT2D eigenvalue weighted by molar-refractivity contribution is 0.306. The SMILES string of the molecule is CC1CC=C(CCCCOc2ccccc2)CC1. The third kappa shape index (κ3) is 4.56. The first kappa shape index (κ1) is 13.2. The zero-order chi connectivity index (χ0) is 12.6. The Bertz CT molecular complexity index is 366. The van der Waals surface area contributed by atoms with Gasteiger partial charge in [-0.3, -0.25) is 0 Å². The van der Waals surface area contributed by atoms with Crippen LogP contribution in [-0.2, 0) is 0 Å². The van der Waals surface area contributed by atoms with Crippen molar-refractivity contribution in [3.05, 3.63) is 42.0 Å². The van der Waals surface area contributed by atoms with Crippen LogP contribution >= 0.6 is 0 Å². The van der Waals surface area contributed by atoms with E-state index in [1.807, 2.05) is 30.3 Å². The number of hydrogen-bond acceptors (Lipinski definition) is 1. The predicted molar refractivity (Wildman–Crippen MR) is 76.9 cm³/mol. The minimum Gasteiger partial charge on any atom is -0.494 e. The van der Waals surface area contributed by atoms with E-state index in [0.29, 0.717) is 0 Å². The van der Waals surface area contributed by atoms with Crippen molar-refractivity contribution in [3.8, 4) is 5.75 Å². The van der Waals surface area contributed by atoms with Crippen molar-refractivity contribution in [3.63, 3.8) is 0 Å². The summed E-state index contributed by atoms with van der Waals surface area (Å²) in [5.41, 5.74) is 1.67. The summed E-state index contributed by atoms with van der Waals surface area (Å²) in [6.45, 7) is 3.19. The smallest absolute Gasteiger partial charge is 0.119 e. The van der Waals surface area contributed by atoms with E-state index in [4.69, 9.17) is 4.74 Å². The van der Waals surface area contributed by atoms with Gasteiger partial charge in [-0.25, -0.2) is 0 Å². The summed E-state index contributed by atoms with van der Waals surface area (Å²) in [6, 6.07) is 10.1. The Hall–Kier alpha value is -1.24. The molecule has 0 radical (unpaired) electrons. The maximum atomic E-state index is 5.69. The maximum Gasteiger partial charge on any atom is 0.119 e. The molecule has 1 heteroatoms. The lowest BCUT2D eigenvalue weighted by Crippen LogP contribution is -2.02. The van der Waals surface area contributed by atoms with Crippen LogP contribution < -0.4 is 4.74 Å². The van der Waals surface area contributed by atoms with Gasteiger partial charge in [0.1, 0.15) is 5.75 Å². The summed E-state index contributed by atoms with van der Waals surface area (Å²) in [5, 5.41) is 0. The second-order valence-corrected chi connectivity index (χ2v) is 5.36. The molecule has 1 aliphatic rings. The molecular weight excluding hydrogens is 220 g/mol. The molecule has 0 N–H and O–H groups in total. The third-order valence-electron chi connectivity index (χ3n) is 3.67. The Balaban J connectivity index is 1.57. The second kappa shape index (κ2) is 7.25. The van der Waals surface area contributed by atoms with Gasteiger partial charge >= 0.3 is 0 Å². The highest BCUT2D eigenvalue weighted by Gasteiger charge is 2.09. The molecule has 1 aromatic carbocycles. The van der Waals surface area contributed by atoms with Crippen molar-refractivity contribution in [2.45, 2.75) is 45.4 Å². The number of benzene rings is 1. The molecule has 1 nitrogen and oxygen atoms in total. The number of ether oxygens (including phenoxy) is 1. The summed E-state index contributed by atoms with van der Waals surface area (Å²) in [5.74, 6) is 1.89. The monoisotopic (exact) mass is 244 g/mol. The fourth-order valence-corrected chi connectivity index (χ4v) is 2.41. The molecule has 0 amide bonds. The minimum absolute atomic E-state index is 0.841. The van der Waals surface area contributed by atoms with Crippen molar-refractivity contribution in [2.75, 3.05) is 6.61 Å². The topological polar surface area (TPSA) is 9.23 Å². The quantitative estimate of drug-likeness (QED) is 0.506. The Morgan fingerprint density at radius 3 is 2.72 bits per heavy atom. The predicted octanol–water partition coefficient (Wildman–Crippen LogP) is 4.98. The summed E-state index contributed by atoms with van der Waals surface area (Å²) in [6.07, 6.45) is 10.1. The number of unbranched alkanes of at least 4 members (excludes halogenated alkanes) is 1. The van der Waals surface area contributed by atoms with E-state index in [0.717, 1.165) is 24.7 Å². The standard InChI is InChI=1S/C17H24O/c1-15-10-12-16(13-11-15)7-5-6-14-18-17-8-3-2-4-9-17/h2-4,8-9,12,15H,5-7,10-11,13-14H2,1H3. The van der Waals surface area contributed by atoms with Crippen LogP contribution in [0.25, 0.3) is 0 Å². The van der Waals surface area contributed by atoms with Crippen molar-refractivity contribution in [2.24, 2.45) is 5.92 Å². The highest BCUT2D eigenvalue weighted by atomic mass is 16.5. The summed E-state index contributed by atoms with van der Waals surface area (Å²) in [4.78, 5) is 0. The van der Waals surface area contributed by atoms with E-state index in [9.17, 15) is 0 Å². The van der Waals surface area contributed by atoms with Gasteiger partial charge in [-0.05, 0) is 56.6 Å². The summed E-state index contributed by atoms with van der Waals surface area (Å²) in [7, 11) is 0. The number of hydrogen-bond donors (Lipinski definition) is 0. The third-order valence-corrected chi connectivity index (χ3v) is 3.67. The van der Waals surface area contributed by atoms with Gasteiger partial charge in [-0.1, -0.05) is 36.8 Å². The first-order valence-electron chi connectivity index (χ1n) is 7.20. The molecule has 0 bridgehead atoms. The molecule has 0 fully saturated rings. The van der Waals surface area contributed by atoms with Gasteiger partial charge in [0.15, 0.2) is 0 Å². The van der Waals surface area contributed by atoms with Crippen molar-refractivity contribution in [1.29, 1.82) is 0 Å². The van der Waals surface area contributed by atoms with E-state index in [2.05, 4.69) is 13.0 Å². The highest BCUT2D eigenvalue weighted by Crippen LogP contribution is 2.25. The zero-order valence-electron chi connectivity index (χ0n) is 11.4. The molecule has 0 spiro atoms. The van der Waals surface area contributed by atoms with Gasteiger partial charge in [0.25, 0.3) is 0 Å². The van der Waals surface area contributed by atoms with Gasteiger partial charge in [-0.2, -0.15) is 0 Å². The van der Waals surface area contributed by atoms with Crippen molar-refractivity contribution < 1.29 is 4.74 Å². The van der Waals surface area contributed by atoms with Crippen LogP contribution in [-0.4, -0.2) is 6.61 Å². The number of rotatable bonds is 6. The van der Waals surface area contributed by atoms with Crippen LogP contribution in [0.4, 0.5) is 0 Å². The van der Waals surface area contributed by atoms with E-state index in [-0.39, 0.29) is 0 Å². The van der Waals surface area contributed by atoms with Crippen LogP contribution in [0.5, 0.6) is 5.75 Å². The van der Waals surface area contributed by atoms with Gasteiger partial charge in [0, 0.05) is 0 Å². The van der Waals surface area contributed by atoms with Crippen molar-refractivity contribution in [1.82, 2.24) is 0 Å². The van der Waals surface area contributed by atoms with Crippen molar-refractivity contribution >= 4 is 0 Å². The molecule has 2 rings (SSSR count). The van der Waals surface area contributed by atoms with Crippen LogP contribution in [0.1, 0.15) is 45.4 Å². The second-order valence-electron chi connectivity index (χ2n) is 5.36. The van der Waals surface area contributed by atoms with Crippen LogP contribution in [0.2, 0.25) is 0 Å². The molecule has 98 valence electrons. The van der Waals surface area contributed by atoms with Gasteiger partial charge in [0.05, 0.1) is 6.61 Å². The summed E-state index contributed by atoms with van der Waals surface area (Å²) >= 11 is 0. The molecule has 1 aliphatic carbocycles. The Morgan fingerprint density at radius 2 is 2.00 bits per heavy atom. The molecule has 0 aliphatic heterocycles. The minimum atomic E-state index is 0.841. The molecule has 0 saturated heterocycles. The molecule has 0 saturated carbocycles. The molecular formula is C17H24O. The lowest BCUT2D eigenvalue weighted by Gasteiger charge is -2.18. The van der Waals surface area contributed by atoms with E-state index < -0.39 is 0 Å². The molecule has 0 heterocycles. The molecule has 18 heavy (non-hydrogen) atoms. The molecule has 1 aromatic rings.